The molecular formula is C7H12O4. The Morgan fingerprint density at radius 3 is 1.55 bits per heavy atom. The van der Waals surface area contributed by atoms with Gasteiger partial charge >= 0.3 is 11.9 Å². The van der Waals surface area contributed by atoms with Gasteiger partial charge in [0.1, 0.15) is 0 Å². The van der Waals surface area contributed by atoms with Crippen LogP contribution in [-0.2, 0) is 9.59 Å². The molecule has 0 heterocycles. The second-order valence-electron chi connectivity index (χ2n) is 2.71. The average molecular weight is 160 g/mol. The summed E-state index contributed by atoms with van der Waals surface area (Å²) in [7, 11) is 0. The van der Waals surface area contributed by atoms with Gasteiger partial charge in [0.05, 0.1) is 11.8 Å². The van der Waals surface area contributed by atoms with Crippen LogP contribution in [0.1, 0.15) is 20.3 Å². The van der Waals surface area contributed by atoms with E-state index in [1.807, 2.05) is 0 Å². The SMILES string of the molecule is CC(C[C@@H](C)C(=O)O)C(=O)O. The van der Waals surface area contributed by atoms with Crippen molar-refractivity contribution in [3.63, 3.8) is 0 Å². The largest absolute Gasteiger partial charge is 0.481 e. The van der Waals surface area contributed by atoms with E-state index in [-0.39, 0.29) is 6.42 Å². The summed E-state index contributed by atoms with van der Waals surface area (Å²) < 4.78 is 0. The minimum atomic E-state index is -0.946. The van der Waals surface area contributed by atoms with Crippen LogP contribution in [0.25, 0.3) is 0 Å². The lowest BCUT2D eigenvalue weighted by atomic mass is 9.98. The fourth-order valence-electron chi connectivity index (χ4n) is 0.732. The van der Waals surface area contributed by atoms with E-state index in [2.05, 4.69) is 0 Å². The molecule has 11 heavy (non-hydrogen) atoms. The van der Waals surface area contributed by atoms with Crippen molar-refractivity contribution in [1.82, 2.24) is 0 Å². The lowest BCUT2D eigenvalue weighted by molar-refractivity contribution is -0.144. The summed E-state index contributed by atoms with van der Waals surface area (Å²) in [4.78, 5) is 20.5. The lowest BCUT2D eigenvalue weighted by Gasteiger charge is -2.08. The van der Waals surface area contributed by atoms with Crippen LogP contribution < -0.4 is 0 Å². The molecule has 0 radical (unpaired) electrons. The zero-order valence-electron chi connectivity index (χ0n) is 6.57. The quantitative estimate of drug-likeness (QED) is 0.638. The van der Waals surface area contributed by atoms with Crippen LogP contribution in [0.3, 0.4) is 0 Å². The molecule has 0 aliphatic carbocycles. The van der Waals surface area contributed by atoms with Crippen LogP contribution in [0.15, 0.2) is 0 Å². The van der Waals surface area contributed by atoms with Crippen molar-refractivity contribution in [2.75, 3.05) is 0 Å². The van der Waals surface area contributed by atoms with E-state index in [9.17, 15) is 9.59 Å². The lowest BCUT2D eigenvalue weighted by Crippen LogP contribution is -2.18. The molecule has 0 fully saturated rings. The van der Waals surface area contributed by atoms with Gasteiger partial charge in [-0.15, -0.1) is 0 Å². The van der Waals surface area contributed by atoms with E-state index in [4.69, 9.17) is 10.2 Å². The maximum atomic E-state index is 10.3. The van der Waals surface area contributed by atoms with Gasteiger partial charge < -0.3 is 10.2 Å². The summed E-state index contributed by atoms with van der Waals surface area (Å²) in [5, 5.41) is 16.8. The third-order valence-corrected chi connectivity index (χ3v) is 1.55. The van der Waals surface area contributed by atoms with Crippen molar-refractivity contribution in [1.29, 1.82) is 0 Å². The first-order chi connectivity index (χ1) is 4.95. The van der Waals surface area contributed by atoms with Gasteiger partial charge in [-0.1, -0.05) is 13.8 Å². The molecule has 0 amide bonds. The van der Waals surface area contributed by atoms with E-state index in [1.165, 1.54) is 13.8 Å². The highest BCUT2D eigenvalue weighted by atomic mass is 16.4. The Hall–Kier alpha value is -1.06. The number of carboxylic acid groups (broad SMARTS) is 2. The molecule has 0 aliphatic rings. The smallest absolute Gasteiger partial charge is 0.306 e. The zero-order valence-corrected chi connectivity index (χ0v) is 6.57. The molecule has 0 aromatic heterocycles. The highest BCUT2D eigenvalue weighted by Gasteiger charge is 2.19. The number of carbonyl (C=O) groups is 2. The van der Waals surface area contributed by atoms with Gasteiger partial charge in [-0.25, -0.2) is 0 Å². The van der Waals surface area contributed by atoms with E-state index in [0.29, 0.717) is 0 Å². The highest BCUT2D eigenvalue weighted by Crippen LogP contribution is 2.11. The monoisotopic (exact) mass is 160 g/mol. The Morgan fingerprint density at radius 1 is 1.09 bits per heavy atom. The first-order valence-corrected chi connectivity index (χ1v) is 3.40. The summed E-state index contributed by atoms with van der Waals surface area (Å²) in [6.45, 7) is 3.00. The molecule has 0 bridgehead atoms. The molecule has 0 saturated heterocycles. The molecule has 0 aromatic rings. The van der Waals surface area contributed by atoms with Crippen LogP contribution in [0, 0.1) is 11.8 Å². The highest BCUT2D eigenvalue weighted by molar-refractivity contribution is 5.73. The molecule has 0 aliphatic heterocycles. The number of hydrogen-bond acceptors (Lipinski definition) is 2. The molecule has 0 spiro atoms. The minimum Gasteiger partial charge on any atom is -0.481 e. The van der Waals surface area contributed by atoms with Crippen LogP contribution >= 0.6 is 0 Å². The number of hydrogen-bond donors (Lipinski definition) is 2. The summed E-state index contributed by atoms with van der Waals surface area (Å²) in [5.74, 6) is -3.06. The Kier molecular flexibility index (Phi) is 3.57. The first-order valence-electron chi connectivity index (χ1n) is 3.40. The van der Waals surface area contributed by atoms with Crippen molar-refractivity contribution in [3.05, 3.63) is 0 Å². The predicted molar refractivity (Wildman–Crippen MR) is 38.2 cm³/mol. The predicted octanol–water partition coefficient (Wildman–Crippen LogP) is 0.818. The second kappa shape index (κ2) is 3.95. The van der Waals surface area contributed by atoms with Crippen molar-refractivity contribution < 1.29 is 19.8 Å². The van der Waals surface area contributed by atoms with Gasteiger partial charge in [0, 0.05) is 0 Å². The topological polar surface area (TPSA) is 74.6 Å². The number of carboxylic acids is 2. The Bertz CT molecular complexity index is 146. The van der Waals surface area contributed by atoms with Crippen molar-refractivity contribution in [2.24, 2.45) is 11.8 Å². The summed E-state index contributed by atoms with van der Waals surface area (Å²) in [6, 6.07) is 0. The third kappa shape index (κ3) is 3.60. The fraction of sp³-hybridized carbons (Fsp3) is 0.714. The Labute approximate surface area is 64.8 Å². The molecule has 0 rings (SSSR count). The fourth-order valence-corrected chi connectivity index (χ4v) is 0.732. The Morgan fingerprint density at radius 2 is 1.36 bits per heavy atom. The molecular weight excluding hydrogens is 148 g/mol. The van der Waals surface area contributed by atoms with Crippen molar-refractivity contribution in [2.45, 2.75) is 20.3 Å². The molecule has 1 unspecified atom stereocenters. The normalized spacial score (nSPS) is 15.5. The molecule has 4 nitrogen and oxygen atoms in total. The molecule has 0 saturated carbocycles. The van der Waals surface area contributed by atoms with E-state index >= 15 is 0 Å². The van der Waals surface area contributed by atoms with Crippen LogP contribution in [-0.4, -0.2) is 22.2 Å². The van der Waals surface area contributed by atoms with E-state index in [0.717, 1.165) is 0 Å². The molecule has 4 heteroatoms. The standard InChI is InChI=1S/C7H12O4/c1-4(6(8)9)3-5(2)7(10)11/h4-5H,3H2,1-2H3,(H,8,9)(H,10,11)/t4-,5?/m1/s1. The van der Waals surface area contributed by atoms with Gasteiger partial charge in [0.2, 0.25) is 0 Å². The van der Waals surface area contributed by atoms with Crippen LogP contribution in [0.2, 0.25) is 0 Å². The van der Waals surface area contributed by atoms with Crippen LogP contribution in [0.5, 0.6) is 0 Å². The van der Waals surface area contributed by atoms with Crippen molar-refractivity contribution >= 4 is 11.9 Å². The van der Waals surface area contributed by atoms with Crippen molar-refractivity contribution in [3.8, 4) is 0 Å². The summed E-state index contributed by atoms with van der Waals surface area (Å²) in [5.41, 5.74) is 0. The van der Waals surface area contributed by atoms with Gasteiger partial charge in [-0.05, 0) is 6.42 Å². The number of rotatable bonds is 4. The summed E-state index contributed by atoms with van der Waals surface area (Å²) in [6.07, 6.45) is 0.185. The van der Waals surface area contributed by atoms with Gasteiger partial charge in [0.25, 0.3) is 0 Å². The first kappa shape index (κ1) is 9.94. The average Bonchev–Trinajstić information content (AvgIpc) is 1.87. The summed E-state index contributed by atoms with van der Waals surface area (Å²) >= 11 is 0. The Balaban J connectivity index is 3.84. The minimum absolute atomic E-state index is 0.185. The van der Waals surface area contributed by atoms with E-state index in [1.54, 1.807) is 0 Å². The molecule has 0 aromatic carbocycles. The van der Waals surface area contributed by atoms with Gasteiger partial charge in [0.15, 0.2) is 0 Å². The maximum Gasteiger partial charge on any atom is 0.306 e. The molecule has 2 atom stereocenters. The van der Waals surface area contributed by atoms with E-state index < -0.39 is 23.8 Å². The molecule has 2 N–H and O–H groups in total. The van der Waals surface area contributed by atoms with Gasteiger partial charge in [-0.3, -0.25) is 9.59 Å². The van der Waals surface area contributed by atoms with Gasteiger partial charge in [-0.2, -0.15) is 0 Å². The maximum absolute atomic E-state index is 10.3. The number of aliphatic carboxylic acids is 2. The van der Waals surface area contributed by atoms with Crippen LogP contribution in [0.4, 0.5) is 0 Å². The second-order valence-corrected chi connectivity index (χ2v) is 2.71. The third-order valence-electron chi connectivity index (χ3n) is 1.55. The zero-order chi connectivity index (χ0) is 9.02. The molecule has 64 valence electrons.